The van der Waals surface area contributed by atoms with E-state index in [-0.39, 0.29) is 0 Å². The van der Waals surface area contributed by atoms with Gasteiger partial charge < -0.3 is 10.3 Å². The van der Waals surface area contributed by atoms with Crippen LogP contribution in [0.4, 0.5) is 5.95 Å². The van der Waals surface area contributed by atoms with Crippen LogP contribution in [0.15, 0.2) is 42.5 Å². The molecule has 1 aromatic heterocycles. The van der Waals surface area contributed by atoms with Gasteiger partial charge in [0.05, 0.1) is 11.0 Å². The average molecular weight is 286 g/mol. The molecule has 3 nitrogen and oxygen atoms in total. The van der Waals surface area contributed by atoms with Gasteiger partial charge in [-0.15, -0.1) is 0 Å². The van der Waals surface area contributed by atoms with E-state index in [0.717, 1.165) is 24.0 Å². The Morgan fingerprint density at radius 3 is 2.80 bits per heavy atom. The average Bonchev–Trinajstić information content (AvgIpc) is 2.73. The maximum Gasteiger partial charge on any atom is 0.201 e. The van der Waals surface area contributed by atoms with Gasteiger partial charge in [-0.2, -0.15) is 0 Å². The van der Waals surface area contributed by atoms with Crippen molar-refractivity contribution in [1.82, 2.24) is 9.55 Å². The number of imidazole rings is 1. The quantitative estimate of drug-likeness (QED) is 0.795. The number of nitrogen functional groups attached to an aromatic ring is 1. The molecule has 3 rings (SSSR count). The number of nitrogens with two attached hydrogens (primary N) is 1. The molecule has 0 aliphatic rings. The van der Waals surface area contributed by atoms with Crippen molar-refractivity contribution in [2.24, 2.45) is 0 Å². The first-order valence-electron chi connectivity index (χ1n) is 6.61. The number of rotatable bonds is 3. The molecule has 1 heterocycles. The lowest BCUT2D eigenvalue weighted by molar-refractivity contribution is 0.723. The van der Waals surface area contributed by atoms with Crippen molar-refractivity contribution in [3.63, 3.8) is 0 Å². The summed E-state index contributed by atoms with van der Waals surface area (Å²) < 4.78 is 2.04. The number of halogens is 1. The molecule has 2 N–H and O–H groups in total. The number of fused-ring (bicyclic) bond motifs is 1. The molecule has 0 fully saturated rings. The first-order chi connectivity index (χ1) is 9.65. The number of anilines is 1. The number of hydrogen-bond donors (Lipinski definition) is 1. The minimum Gasteiger partial charge on any atom is -0.369 e. The van der Waals surface area contributed by atoms with E-state index in [1.54, 1.807) is 0 Å². The van der Waals surface area contributed by atoms with Crippen LogP contribution in [0, 0.1) is 6.92 Å². The van der Waals surface area contributed by atoms with Crippen LogP contribution < -0.4 is 5.73 Å². The Morgan fingerprint density at radius 1 is 1.20 bits per heavy atom. The molecule has 0 bridgehead atoms. The third-order valence-electron chi connectivity index (χ3n) is 3.61. The van der Waals surface area contributed by atoms with Gasteiger partial charge in [0, 0.05) is 11.6 Å². The van der Waals surface area contributed by atoms with Crippen LogP contribution in [-0.4, -0.2) is 9.55 Å². The van der Waals surface area contributed by atoms with Gasteiger partial charge in [0.2, 0.25) is 5.95 Å². The summed E-state index contributed by atoms with van der Waals surface area (Å²) in [6.07, 6.45) is 0.935. The lowest BCUT2D eigenvalue weighted by Crippen LogP contribution is -2.06. The Morgan fingerprint density at radius 2 is 2.00 bits per heavy atom. The SMILES string of the molecule is Cc1ccccc1CCn1c(N)nc2cc(Cl)ccc21. The summed E-state index contributed by atoms with van der Waals surface area (Å²) in [6, 6.07) is 14.1. The second-order valence-corrected chi connectivity index (χ2v) is 5.37. The molecule has 0 amide bonds. The summed E-state index contributed by atoms with van der Waals surface area (Å²) in [5, 5.41) is 0.682. The van der Waals surface area contributed by atoms with Gasteiger partial charge in [0.25, 0.3) is 0 Å². The number of aryl methyl sites for hydroxylation is 3. The number of benzene rings is 2. The highest BCUT2D eigenvalue weighted by molar-refractivity contribution is 6.31. The number of nitrogens with zero attached hydrogens (tertiary/aromatic N) is 2. The molecule has 0 radical (unpaired) electrons. The molecule has 2 aromatic carbocycles. The van der Waals surface area contributed by atoms with E-state index >= 15 is 0 Å². The summed E-state index contributed by atoms with van der Waals surface area (Å²) >= 11 is 5.98. The first-order valence-corrected chi connectivity index (χ1v) is 6.99. The molecule has 3 aromatic rings. The summed E-state index contributed by atoms with van der Waals surface area (Å²) in [5.41, 5.74) is 10.5. The molecule has 0 saturated carbocycles. The van der Waals surface area contributed by atoms with Crippen LogP contribution in [0.3, 0.4) is 0 Å². The van der Waals surface area contributed by atoms with Crippen molar-refractivity contribution in [3.8, 4) is 0 Å². The molecule has 0 aliphatic carbocycles. The van der Waals surface area contributed by atoms with Crippen LogP contribution in [0.1, 0.15) is 11.1 Å². The van der Waals surface area contributed by atoms with E-state index in [1.807, 2.05) is 22.8 Å². The smallest absolute Gasteiger partial charge is 0.201 e. The van der Waals surface area contributed by atoms with Gasteiger partial charge in [0.15, 0.2) is 0 Å². The standard InChI is InChI=1S/C16H16ClN3/c1-11-4-2-3-5-12(11)8-9-20-15-7-6-13(17)10-14(15)19-16(20)18/h2-7,10H,8-9H2,1H3,(H2,18,19). The lowest BCUT2D eigenvalue weighted by Gasteiger charge is -2.08. The third-order valence-corrected chi connectivity index (χ3v) is 3.84. The Kier molecular flexibility index (Phi) is 3.36. The molecule has 0 unspecified atom stereocenters. The van der Waals surface area contributed by atoms with Crippen molar-refractivity contribution in [2.75, 3.05) is 5.73 Å². The largest absolute Gasteiger partial charge is 0.369 e. The van der Waals surface area contributed by atoms with E-state index in [4.69, 9.17) is 17.3 Å². The van der Waals surface area contributed by atoms with Gasteiger partial charge in [-0.05, 0) is 42.7 Å². The molecular weight excluding hydrogens is 270 g/mol. The Hall–Kier alpha value is -2.00. The highest BCUT2D eigenvalue weighted by atomic mass is 35.5. The maximum absolute atomic E-state index is 6.01. The predicted molar refractivity (Wildman–Crippen MR) is 84.0 cm³/mol. The lowest BCUT2D eigenvalue weighted by atomic mass is 10.1. The topological polar surface area (TPSA) is 43.8 Å². The fraction of sp³-hybridized carbons (Fsp3) is 0.188. The van der Waals surface area contributed by atoms with Crippen molar-refractivity contribution in [1.29, 1.82) is 0 Å². The van der Waals surface area contributed by atoms with E-state index < -0.39 is 0 Å². The van der Waals surface area contributed by atoms with E-state index in [0.29, 0.717) is 11.0 Å². The van der Waals surface area contributed by atoms with E-state index in [2.05, 4.69) is 36.2 Å². The second kappa shape index (κ2) is 5.17. The zero-order chi connectivity index (χ0) is 14.1. The number of aromatic nitrogens is 2. The zero-order valence-corrected chi connectivity index (χ0v) is 12.1. The van der Waals surface area contributed by atoms with Crippen molar-refractivity contribution in [3.05, 3.63) is 58.6 Å². The Balaban J connectivity index is 1.91. The minimum atomic E-state index is 0.538. The number of hydrogen-bond acceptors (Lipinski definition) is 2. The molecular formula is C16H16ClN3. The van der Waals surface area contributed by atoms with Crippen LogP contribution in [-0.2, 0) is 13.0 Å². The molecule has 4 heteroatoms. The summed E-state index contributed by atoms with van der Waals surface area (Å²) in [4.78, 5) is 4.36. The summed E-state index contributed by atoms with van der Waals surface area (Å²) in [7, 11) is 0. The third kappa shape index (κ3) is 2.37. The van der Waals surface area contributed by atoms with Gasteiger partial charge in [-0.1, -0.05) is 35.9 Å². The first kappa shape index (κ1) is 13.0. The van der Waals surface area contributed by atoms with Crippen molar-refractivity contribution < 1.29 is 0 Å². The highest BCUT2D eigenvalue weighted by Crippen LogP contribution is 2.22. The van der Waals surface area contributed by atoms with Crippen LogP contribution >= 0.6 is 11.6 Å². The minimum absolute atomic E-state index is 0.538. The van der Waals surface area contributed by atoms with Gasteiger partial charge in [-0.3, -0.25) is 0 Å². The molecule has 0 saturated heterocycles. The van der Waals surface area contributed by atoms with E-state index in [9.17, 15) is 0 Å². The van der Waals surface area contributed by atoms with Crippen LogP contribution in [0.5, 0.6) is 0 Å². The molecule has 0 spiro atoms. The summed E-state index contributed by atoms with van der Waals surface area (Å²) in [5.74, 6) is 0.538. The monoisotopic (exact) mass is 285 g/mol. The fourth-order valence-electron chi connectivity index (χ4n) is 2.48. The normalized spacial score (nSPS) is 11.1. The zero-order valence-electron chi connectivity index (χ0n) is 11.3. The molecule has 20 heavy (non-hydrogen) atoms. The Bertz CT molecular complexity index is 762. The highest BCUT2D eigenvalue weighted by Gasteiger charge is 2.08. The predicted octanol–water partition coefficient (Wildman–Crippen LogP) is 3.82. The van der Waals surface area contributed by atoms with E-state index in [1.165, 1.54) is 11.1 Å². The van der Waals surface area contributed by atoms with Gasteiger partial charge in [0.1, 0.15) is 0 Å². The van der Waals surface area contributed by atoms with Crippen LogP contribution in [0.25, 0.3) is 11.0 Å². The molecule has 0 atom stereocenters. The van der Waals surface area contributed by atoms with Gasteiger partial charge >= 0.3 is 0 Å². The summed E-state index contributed by atoms with van der Waals surface area (Å²) in [6.45, 7) is 2.94. The maximum atomic E-state index is 6.01. The van der Waals surface area contributed by atoms with Crippen LogP contribution in [0.2, 0.25) is 5.02 Å². The second-order valence-electron chi connectivity index (χ2n) is 4.93. The Labute approximate surface area is 123 Å². The van der Waals surface area contributed by atoms with Gasteiger partial charge in [-0.25, -0.2) is 4.98 Å². The van der Waals surface area contributed by atoms with Crippen molar-refractivity contribution >= 4 is 28.6 Å². The molecule has 0 aliphatic heterocycles. The van der Waals surface area contributed by atoms with Crippen molar-refractivity contribution in [2.45, 2.75) is 19.9 Å². The molecule has 102 valence electrons. The fourth-order valence-corrected chi connectivity index (χ4v) is 2.65.